The summed E-state index contributed by atoms with van der Waals surface area (Å²) in [6.07, 6.45) is 7.43. The lowest BCUT2D eigenvalue weighted by Crippen LogP contribution is -3.00. The molecule has 0 spiro atoms. The first-order valence-corrected chi connectivity index (χ1v) is 7.41. The molecule has 0 saturated heterocycles. The normalized spacial score (nSPS) is 10.6. The first kappa shape index (κ1) is 18.9. The van der Waals surface area contributed by atoms with Crippen LogP contribution >= 0.6 is 0 Å². The van der Waals surface area contributed by atoms with Crippen LogP contribution in [0.2, 0.25) is 0 Å². The summed E-state index contributed by atoms with van der Waals surface area (Å²) >= 11 is 0. The van der Waals surface area contributed by atoms with Gasteiger partial charge in [0.1, 0.15) is 18.4 Å². The van der Waals surface area contributed by atoms with E-state index in [4.69, 9.17) is 9.15 Å². The van der Waals surface area contributed by atoms with Gasteiger partial charge in [0.25, 0.3) is 0 Å². The molecule has 3 rings (SSSR count). The molecular weight excluding hydrogens is 433 g/mol. The van der Waals surface area contributed by atoms with Crippen molar-refractivity contribution >= 4 is 29.1 Å². The minimum absolute atomic E-state index is 0. The van der Waals surface area contributed by atoms with Gasteiger partial charge in [0.2, 0.25) is 0 Å². The summed E-state index contributed by atoms with van der Waals surface area (Å²) in [5, 5.41) is 0.754. The van der Waals surface area contributed by atoms with Gasteiger partial charge in [0.15, 0.2) is 12.4 Å². The second-order valence-corrected chi connectivity index (χ2v) is 5.41. The fraction of sp³-hybridized carbons (Fsp3) is 0.105. The lowest BCUT2D eigenvalue weighted by molar-refractivity contribution is -0.671. The van der Waals surface area contributed by atoms with Crippen molar-refractivity contribution in [2.75, 3.05) is 0 Å². The predicted molar refractivity (Wildman–Crippen MR) is 90.3 cm³/mol. The number of hydrogen-bond donors (Lipinski definition) is 0. The predicted octanol–water partition coefficient (Wildman–Crippen LogP) is -0.283. The number of rotatable bonds is 3. The third-order valence-corrected chi connectivity index (χ3v) is 3.46. The van der Waals surface area contributed by atoms with Gasteiger partial charge in [-0.25, -0.2) is 9.36 Å². The number of benzene rings is 1. The number of nitrogens with zero attached hydrogens (tertiary/aromatic N) is 1. The van der Waals surface area contributed by atoms with Crippen LogP contribution < -0.4 is 38.9 Å². The van der Waals surface area contributed by atoms with Gasteiger partial charge in [-0.3, -0.25) is 4.79 Å². The van der Waals surface area contributed by atoms with E-state index >= 15 is 0 Å². The fourth-order valence-electron chi connectivity index (χ4n) is 2.26. The van der Waals surface area contributed by atoms with Crippen molar-refractivity contribution in [3.8, 4) is 5.75 Å². The van der Waals surface area contributed by atoms with Crippen LogP contribution in [0.5, 0.6) is 5.75 Å². The average Bonchev–Trinajstić information content (AvgIpc) is 2.54. The van der Waals surface area contributed by atoms with E-state index in [2.05, 4.69) is 0 Å². The van der Waals surface area contributed by atoms with Gasteiger partial charge < -0.3 is 33.1 Å². The van der Waals surface area contributed by atoms with E-state index in [0.717, 1.165) is 10.9 Å². The van der Waals surface area contributed by atoms with Crippen LogP contribution in [0.3, 0.4) is 0 Å². The Morgan fingerprint density at radius 1 is 1.12 bits per heavy atom. The number of carbonyl (C=O) groups excluding carboxylic acids is 1. The molecule has 0 atom stereocenters. The molecule has 0 saturated carbocycles. The minimum Gasteiger partial charge on any atom is -1.00 e. The molecule has 0 N–H and O–H groups in total. The smallest absolute Gasteiger partial charge is 0.343 e. The Labute approximate surface area is 161 Å². The molecule has 25 heavy (non-hydrogen) atoms. The Hall–Kier alpha value is -2.48. The highest BCUT2D eigenvalue weighted by atomic mass is 127. The van der Waals surface area contributed by atoms with Crippen molar-refractivity contribution in [1.29, 1.82) is 0 Å². The molecule has 5 nitrogen and oxygen atoms in total. The number of fused-ring (bicyclic) bond motifs is 1. The number of esters is 1. The second kappa shape index (κ2) is 8.06. The van der Waals surface area contributed by atoms with E-state index in [0.29, 0.717) is 16.9 Å². The van der Waals surface area contributed by atoms with E-state index < -0.39 is 11.6 Å². The molecule has 0 aliphatic carbocycles. The van der Waals surface area contributed by atoms with Crippen LogP contribution in [0, 0.1) is 0 Å². The number of carbonyl (C=O) groups is 1. The van der Waals surface area contributed by atoms with Crippen LogP contribution in [0.15, 0.2) is 58.0 Å². The standard InChI is InChI=1S/C19H16NO4.HI/c1-13(21)23-17-6-5-15-11-16(19(22)24-18(15)12-17)4-3-14-7-9-20(2)10-8-14;/h3-12H,1-2H3;1H/q+1;/p-1/b4-3+;. The highest BCUT2D eigenvalue weighted by Gasteiger charge is 2.06. The van der Waals surface area contributed by atoms with Gasteiger partial charge in [0.05, 0.1) is 5.56 Å². The maximum Gasteiger partial charge on any atom is 0.343 e. The summed E-state index contributed by atoms with van der Waals surface area (Å²) in [6, 6.07) is 10.6. The number of pyridine rings is 1. The van der Waals surface area contributed by atoms with Crippen molar-refractivity contribution in [1.82, 2.24) is 0 Å². The Kier molecular flexibility index (Phi) is 6.08. The molecule has 2 aromatic heterocycles. The SMILES string of the molecule is CC(=O)Oc1ccc2cc(/C=C/c3cc[n+](C)cc3)c(=O)oc2c1.[I-]. The van der Waals surface area contributed by atoms with E-state index in [1.807, 2.05) is 42.2 Å². The topological polar surface area (TPSA) is 60.4 Å². The largest absolute Gasteiger partial charge is 1.00 e. The van der Waals surface area contributed by atoms with Crippen molar-refractivity contribution in [3.63, 3.8) is 0 Å². The quantitative estimate of drug-likeness (QED) is 0.182. The van der Waals surface area contributed by atoms with Crippen LogP contribution in [0.25, 0.3) is 23.1 Å². The van der Waals surface area contributed by atoms with E-state index in [1.54, 1.807) is 24.3 Å². The molecule has 3 aromatic rings. The third kappa shape index (κ3) is 4.76. The third-order valence-electron chi connectivity index (χ3n) is 3.46. The van der Waals surface area contributed by atoms with Gasteiger partial charge in [-0.05, 0) is 29.8 Å². The van der Waals surface area contributed by atoms with Crippen LogP contribution in [-0.2, 0) is 11.8 Å². The Bertz CT molecular complexity index is 990. The molecule has 0 aliphatic rings. The Balaban J connectivity index is 0.00000225. The van der Waals surface area contributed by atoms with Crippen molar-refractivity contribution < 1.29 is 42.5 Å². The molecule has 2 heterocycles. The van der Waals surface area contributed by atoms with Crippen molar-refractivity contribution in [2.24, 2.45) is 7.05 Å². The Morgan fingerprint density at radius 2 is 1.84 bits per heavy atom. The lowest BCUT2D eigenvalue weighted by atomic mass is 10.1. The summed E-state index contributed by atoms with van der Waals surface area (Å²) in [5.74, 6) is -0.0777. The lowest BCUT2D eigenvalue weighted by Gasteiger charge is -2.03. The molecule has 0 aliphatic heterocycles. The molecule has 0 radical (unpaired) electrons. The van der Waals surface area contributed by atoms with Gasteiger partial charge in [-0.15, -0.1) is 0 Å². The summed E-state index contributed by atoms with van der Waals surface area (Å²) in [4.78, 5) is 23.1. The number of aryl methyl sites for hydroxylation is 1. The van der Waals surface area contributed by atoms with Crippen molar-refractivity contribution in [3.05, 3.63) is 70.3 Å². The van der Waals surface area contributed by atoms with Gasteiger partial charge in [-0.1, -0.05) is 6.08 Å². The molecule has 128 valence electrons. The fourth-order valence-corrected chi connectivity index (χ4v) is 2.26. The molecule has 0 amide bonds. The zero-order chi connectivity index (χ0) is 17.1. The number of hydrogen-bond acceptors (Lipinski definition) is 4. The summed E-state index contributed by atoms with van der Waals surface area (Å²) in [7, 11) is 1.94. The van der Waals surface area contributed by atoms with Gasteiger partial charge in [0, 0.05) is 30.5 Å². The first-order chi connectivity index (χ1) is 11.5. The zero-order valence-electron chi connectivity index (χ0n) is 13.7. The van der Waals surface area contributed by atoms with Gasteiger partial charge >= 0.3 is 11.6 Å². The summed E-state index contributed by atoms with van der Waals surface area (Å²) < 4.78 is 12.2. The second-order valence-electron chi connectivity index (χ2n) is 5.41. The monoisotopic (exact) mass is 449 g/mol. The van der Waals surface area contributed by atoms with E-state index in [-0.39, 0.29) is 24.0 Å². The van der Waals surface area contributed by atoms with Gasteiger partial charge in [-0.2, -0.15) is 0 Å². The highest BCUT2D eigenvalue weighted by Crippen LogP contribution is 2.21. The maximum absolute atomic E-state index is 12.1. The van der Waals surface area contributed by atoms with Crippen LogP contribution in [0.4, 0.5) is 0 Å². The average molecular weight is 449 g/mol. The van der Waals surface area contributed by atoms with Crippen molar-refractivity contribution in [2.45, 2.75) is 6.92 Å². The number of aromatic nitrogens is 1. The first-order valence-electron chi connectivity index (χ1n) is 7.41. The Morgan fingerprint density at radius 3 is 2.52 bits per heavy atom. The molecule has 1 aromatic carbocycles. The minimum atomic E-state index is -0.444. The van der Waals surface area contributed by atoms with E-state index in [1.165, 1.54) is 13.0 Å². The van der Waals surface area contributed by atoms with E-state index in [9.17, 15) is 9.59 Å². The highest BCUT2D eigenvalue weighted by molar-refractivity contribution is 5.82. The van der Waals surface area contributed by atoms with Crippen LogP contribution in [0.1, 0.15) is 18.1 Å². The molecule has 0 fully saturated rings. The number of ether oxygens (including phenoxy) is 1. The van der Waals surface area contributed by atoms with Crippen LogP contribution in [-0.4, -0.2) is 5.97 Å². The summed E-state index contributed by atoms with van der Waals surface area (Å²) in [6.45, 7) is 1.32. The molecule has 6 heteroatoms. The molecular formula is C19H16INO4. The zero-order valence-corrected chi connectivity index (χ0v) is 15.9. The summed E-state index contributed by atoms with van der Waals surface area (Å²) in [5.41, 5.74) is 1.37. The maximum atomic E-state index is 12.1. The number of halogens is 1. The molecule has 0 unspecified atom stereocenters. The molecule has 0 bridgehead atoms.